The molecule has 116 valence electrons. The van der Waals surface area contributed by atoms with Gasteiger partial charge in [-0.15, -0.1) is 11.3 Å². The summed E-state index contributed by atoms with van der Waals surface area (Å²) in [6.07, 6.45) is 0. The summed E-state index contributed by atoms with van der Waals surface area (Å²) in [7, 11) is 1.47. The van der Waals surface area contributed by atoms with Crippen molar-refractivity contribution in [3.05, 3.63) is 44.6 Å². The number of nitrogens with one attached hydrogen (secondary N) is 3. The molecular formula is C13H11Cl2N3O3S. The van der Waals surface area contributed by atoms with Crippen LogP contribution in [0.15, 0.2) is 30.3 Å². The molecule has 1 aromatic carbocycles. The summed E-state index contributed by atoms with van der Waals surface area (Å²) in [5.41, 5.74) is 4.86. The summed E-state index contributed by atoms with van der Waals surface area (Å²) in [5, 5.41) is 2.96. The zero-order valence-electron chi connectivity index (χ0n) is 11.3. The number of rotatable bonds is 3. The molecule has 22 heavy (non-hydrogen) atoms. The van der Waals surface area contributed by atoms with Crippen molar-refractivity contribution in [1.29, 1.82) is 0 Å². The molecule has 0 fully saturated rings. The Labute approximate surface area is 140 Å². The van der Waals surface area contributed by atoms with Crippen LogP contribution in [0.3, 0.4) is 0 Å². The van der Waals surface area contributed by atoms with Crippen molar-refractivity contribution in [2.75, 3.05) is 12.4 Å². The number of hydrogen-bond acceptors (Lipinski definition) is 4. The third-order valence-electron chi connectivity index (χ3n) is 2.50. The van der Waals surface area contributed by atoms with Crippen molar-refractivity contribution >= 4 is 52.2 Å². The Morgan fingerprint density at radius 1 is 1.14 bits per heavy atom. The van der Waals surface area contributed by atoms with Gasteiger partial charge in [0, 0.05) is 5.02 Å². The van der Waals surface area contributed by atoms with Gasteiger partial charge in [0.15, 0.2) is 0 Å². The van der Waals surface area contributed by atoms with E-state index in [4.69, 9.17) is 27.9 Å². The lowest BCUT2D eigenvalue weighted by atomic mass is 10.3. The molecule has 0 aliphatic carbocycles. The van der Waals surface area contributed by atoms with E-state index in [1.165, 1.54) is 13.2 Å². The molecule has 2 aromatic rings. The third kappa shape index (κ3) is 4.27. The van der Waals surface area contributed by atoms with E-state index in [2.05, 4.69) is 16.2 Å². The smallest absolute Gasteiger partial charge is 0.338 e. The fourth-order valence-electron chi connectivity index (χ4n) is 1.54. The SMILES string of the molecule is COc1ccc(Cl)cc1NC(=O)NNC(=O)c1ccc(Cl)s1. The van der Waals surface area contributed by atoms with Crippen LogP contribution in [0.25, 0.3) is 0 Å². The van der Waals surface area contributed by atoms with Gasteiger partial charge in [0.2, 0.25) is 0 Å². The quantitative estimate of drug-likeness (QED) is 0.733. The van der Waals surface area contributed by atoms with Gasteiger partial charge >= 0.3 is 6.03 Å². The van der Waals surface area contributed by atoms with E-state index in [1.807, 2.05) is 0 Å². The maximum atomic E-state index is 11.8. The van der Waals surface area contributed by atoms with E-state index in [-0.39, 0.29) is 0 Å². The van der Waals surface area contributed by atoms with Crippen LogP contribution in [0.4, 0.5) is 10.5 Å². The first-order chi connectivity index (χ1) is 10.5. The normalized spacial score (nSPS) is 9.95. The number of carbonyl (C=O) groups is 2. The van der Waals surface area contributed by atoms with Crippen molar-refractivity contribution in [1.82, 2.24) is 10.9 Å². The molecule has 0 radical (unpaired) electrons. The number of amides is 3. The molecule has 0 atom stereocenters. The number of thiophene rings is 1. The van der Waals surface area contributed by atoms with E-state index < -0.39 is 11.9 Å². The molecule has 0 aliphatic heterocycles. The first-order valence-electron chi connectivity index (χ1n) is 5.96. The average molecular weight is 360 g/mol. The van der Waals surface area contributed by atoms with Gasteiger partial charge in [-0.2, -0.15) is 0 Å². The predicted octanol–water partition coefficient (Wildman–Crippen LogP) is 3.53. The average Bonchev–Trinajstić information content (AvgIpc) is 2.92. The highest BCUT2D eigenvalue weighted by molar-refractivity contribution is 7.17. The van der Waals surface area contributed by atoms with Crippen LogP contribution in [0.5, 0.6) is 5.75 Å². The second kappa shape index (κ2) is 7.35. The maximum absolute atomic E-state index is 11.8. The molecule has 0 aliphatic rings. The molecule has 2 rings (SSSR count). The molecule has 3 N–H and O–H groups in total. The van der Waals surface area contributed by atoms with E-state index in [0.29, 0.717) is 25.7 Å². The molecular weight excluding hydrogens is 349 g/mol. The fraction of sp³-hybridized carbons (Fsp3) is 0.0769. The monoisotopic (exact) mass is 359 g/mol. The number of methoxy groups -OCH3 is 1. The van der Waals surface area contributed by atoms with Crippen molar-refractivity contribution in [2.45, 2.75) is 0 Å². The Kier molecular flexibility index (Phi) is 5.48. The molecule has 0 spiro atoms. The molecule has 1 aromatic heterocycles. The standard InChI is InChI=1S/C13H11Cl2N3O3S/c1-21-9-3-2-7(14)6-8(9)16-13(20)18-17-12(19)10-4-5-11(15)22-10/h2-6H,1H3,(H,17,19)(H2,16,18,20). The minimum absolute atomic E-state index is 0.376. The Bertz CT molecular complexity index is 706. The van der Waals surface area contributed by atoms with Crippen LogP contribution in [-0.2, 0) is 0 Å². The van der Waals surface area contributed by atoms with Gasteiger partial charge in [0.1, 0.15) is 5.75 Å². The van der Waals surface area contributed by atoms with Crippen molar-refractivity contribution < 1.29 is 14.3 Å². The molecule has 6 nitrogen and oxygen atoms in total. The minimum Gasteiger partial charge on any atom is -0.495 e. The molecule has 0 unspecified atom stereocenters. The minimum atomic E-state index is -0.642. The second-order valence-electron chi connectivity index (χ2n) is 3.98. The van der Waals surface area contributed by atoms with Gasteiger partial charge in [-0.3, -0.25) is 10.2 Å². The molecule has 0 bridgehead atoms. The van der Waals surface area contributed by atoms with Crippen LogP contribution in [0.2, 0.25) is 9.36 Å². The van der Waals surface area contributed by atoms with Gasteiger partial charge in [-0.05, 0) is 30.3 Å². The Balaban J connectivity index is 1.93. The van der Waals surface area contributed by atoms with E-state index in [1.54, 1.807) is 24.3 Å². The van der Waals surface area contributed by atoms with E-state index >= 15 is 0 Å². The highest BCUT2D eigenvalue weighted by Gasteiger charge is 2.11. The van der Waals surface area contributed by atoms with Gasteiger partial charge in [0.25, 0.3) is 5.91 Å². The zero-order valence-corrected chi connectivity index (χ0v) is 13.6. The highest BCUT2D eigenvalue weighted by atomic mass is 35.5. The second-order valence-corrected chi connectivity index (χ2v) is 6.13. The number of carbonyl (C=O) groups excluding carboxylic acids is 2. The van der Waals surface area contributed by atoms with Crippen molar-refractivity contribution in [3.8, 4) is 5.75 Å². The molecule has 3 amide bonds. The van der Waals surface area contributed by atoms with Crippen molar-refractivity contribution in [3.63, 3.8) is 0 Å². The summed E-state index contributed by atoms with van der Waals surface area (Å²) in [5.74, 6) is -0.0268. The highest BCUT2D eigenvalue weighted by Crippen LogP contribution is 2.27. The predicted molar refractivity (Wildman–Crippen MR) is 87.0 cm³/mol. The largest absolute Gasteiger partial charge is 0.495 e. The lowest BCUT2D eigenvalue weighted by Crippen LogP contribution is -2.43. The first kappa shape index (κ1) is 16.4. The molecule has 0 saturated heterocycles. The van der Waals surface area contributed by atoms with E-state index in [9.17, 15) is 9.59 Å². The topological polar surface area (TPSA) is 79.5 Å². The Morgan fingerprint density at radius 3 is 2.55 bits per heavy atom. The number of hydrogen-bond donors (Lipinski definition) is 3. The summed E-state index contributed by atoms with van der Waals surface area (Å²) in [6, 6.07) is 7.29. The summed E-state index contributed by atoms with van der Waals surface area (Å²) in [6.45, 7) is 0. The number of urea groups is 1. The Morgan fingerprint density at radius 2 is 1.91 bits per heavy atom. The molecule has 0 saturated carbocycles. The van der Waals surface area contributed by atoms with Crippen LogP contribution in [-0.4, -0.2) is 19.0 Å². The summed E-state index contributed by atoms with van der Waals surface area (Å²) in [4.78, 5) is 23.9. The van der Waals surface area contributed by atoms with Gasteiger partial charge < -0.3 is 10.1 Å². The van der Waals surface area contributed by atoms with Crippen LogP contribution in [0, 0.1) is 0 Å². The number of hydrazine groups is 1. The lowest BCUT2D eigenvalue weighted by molar-refractivity contribution is 0.0942. The zero-order chi connectivity index (χ0) is 16.1. The summed E-state index contributed by atoms with van der Waals surface area (Å²) < 4.78 is 5.58. The lowest BCUT2D eigenvalue weighted by Gasteiger charge is -2.11. The van der Waals surface area contributed by atoms with E-state index in [0.717, 1.165) is 11.3 Å². The number of benzene rings is 1. The van der Waals surface area contributed by atoms with Gasteiger partial charge in [-0.1, -0.05) is 23.2 Å². The number of halogens is 2. The first-order valence-corrected chi connectivity index (χ1v) is 7.53. The molecule has 9 heteroatoms. The Hall–Kier alpha value is -1.96. The fourth-order valence-corrected chi connectivity index (χ4v) is 2.65. The van der Waals surface area contributed by atoms with Crippen LogP contribution < -0.4 is 20.9 Å². The summed E-state index contributed by atoms with van der Waals surface area (Å²) >= 11 is 12.7. The molecule has 1 heterocycles. The van der Waals surface area contributed by atoms with Crippen LogP contribution >= 0.6 is 34.5 Å². The number of ether oxygens (including phenoxy) is 1. The third-order valence-corrected chi connectivity index (χ3v) is 3.96. The van der Waals surface area contributed by atoms with Gasteiger partial charge in [0.05, 0.1) is 22.0 Å². The number of anilines is 1. The van der Waals surface area contributed by atoms with Crippen LogP contribution in [0.1, 0.15) is 9.67 Å². The maximum Gasteiger partial charge on any atom is 0.338 e. The van der Waals surface area contributed by atoms with Gasteiger partial charge in [-0.25, -0.2) is 10.2 Å². The van der Waals surface area contributed by atoms with Crippen molar-refractivity contribution in [2.24, 2.45) is 0 Å².